The van der Waals surface area contributed by atoms with E-state index in [2.05, 4.69) is 4.90 Å². The second-order valence-electron chi connectivity index (χ2n) is 6.05. The van der Waals surface area contributed by atoms with Gasteiger partial charge in [0.1, 0.15) is 5.75 Å². The lowest BCUT2D eigenvalue weighted by Crippen LogP contribution is -2.46. The van der Waals surface area contributed by atoms with Crippen LogP contribution in [0.3, 0.4) is 0 Å². The number of hydrogen-bond donors (Lipinski definition) is 2. The predicted molar refractivity (Wildman–Crippen MR) is 78.8 cm³/mol. The van der Waals surface area contributed by atoms with Gasteiger partial charge in [0.15, 0.2) is 0 Å². The van der Waals surface area contributed by atoms with Gasteiger partial charge in [-0.3, -0.25) is 0 Å². The molecule has 1 fully saturated rings. The second kappa shape index (κ2) is 6.12. The summed E-state index contributed by atoms with van der Waals surface area (Å²) >= 11 is 0. The van der Waals surface area contributed by atoms with Crippen molar-refractivity contribution in [2.45, 2.75) is 31.0 Å². The van der Waals surface area contributed by atoms with E-state index in [9.17, 15) is 10.2 Å². The Morgan fingerprint density at radius 1 is 1.35 bits per heavy atom. The highest BCUT2D eigenvalue weighted by Gasteiger charge is 2.43. The number of rotatable bonds is 4. The van der Waals surface area contributed by atoms with Crippen LogP contribution in [0.4, 0.5) is 0 Å². The van der Waals surface area contributed by atoms with E-state index in [0.29, 0.717) is 6.42 Å². The van der Waals surface area contributed by atoms with Gasteiger partial charge in [0, 0.05) is 18.9 Å². The average Bonchev–Trinajstić information content (AvgIpc) is 2.42. The lowest BCUT2D eigenvalue weighted by molar-refractivity contribution is -0.0992. The van der Waals surface area contributed by atoms with E-state index in [1.165, 1.54) is 0 Å². The molecule has 0 heterocycles. The number of hydrogen-bond acceptors (Lipinski definition) is 4. The van der Waals surface area contributed by atoms with Crippen LogP contribution in [-0.4, -0.2) is 49.0 Å². The molecule has 4 heteroatoms. The molecule has 4 nitrogen and oxygen atoms in total. The van der Waals surface area contributed by atoms with E-state index < -0.39 is 11.7 Å². The molecule has 0 bridgehead atoms. The summed E-state index contributed by atoms with van der Waals surface area (Å²) in [5, 5.41) is 21.2. The van der Waals surface area contributed by atoms with Crippen molar-refractivity contribution in [3.63, 3.8) is 0 Å². The molecule has 20 heavy (non-hydrogen) atoms. The van der Waals surface area contributed by atoms with Gasteiger partial charge in [0.2, 0.25) is 0 Å². The van der Waals surface area contributed by atoms with Gasteiger partial charge in [-0.2, -0.15) is 0 Å². The van der Waals surface area contributed by atoms with Crippen LogP contribution < -0.4 is 4.74 Å². The number of ether oxygens (including phenoxy) is 1. The smallest absolute Gasteiger partial charge is 0.119 e. The van der Waals surface area contributed by atoms with Crippen molar-refractivity contribution in [2.24, 2.45) is 5.92 Å². The van der Waals surface area contributed by atoms with Crippen molar-refractivity contribution < 1.29 is 14.9 Å². The van der Waals surface area contributed by atoms with Gasteiger partial charge in [-0.15, -0.1) is 0 Å². The summed E-state index contributed by atoms with van der Waals surface area (Å²) in [6, 6.07) is 7.55. The SMILES string of the molecule is COc1cccc([C@@]2(O)C[C@H](O)CCC2CN(C)C)c1. The van der Waals surface area contributed by atoms with Crippen molar-refractivity contribution in [3.8, 4) is 5.75 Å². The Hall–Kier alpha value is -1.10. The van der Waals surface area contributed by atoms with E-state index in [1.54, 1.807) is 7.11 Å². The lowest BCUT2D eigenvalue weighted by atomic mass is 9.70. The first-order valence-electron chi connectivity index (χ1n) is 7.15. The number of aliphatic hydroxyl groups is 2. The minimum atomic E-state index is -0.990. The Morgan fingerprint density at radius 2 is 2.10 bits per heavy atom. The van der Waals surface area contributed by atoms with Crippen LogP contribution in [0.5, 0.6) is 5.75 Å². The molecule has 1 unspecified atom stereocenters. The molecule has 1 aromatic carbocycles. The number of methoxy groups -OCH3 is 1. The zero-order valence-electron chi connectivity index (χ0n) is 12.5. The Labute approximate surface area is 121 Å². The van der Waals surface area contributed by atoms with Crippen molar-refractivity contribution >= 4 is 0 Å². The van der Waals surface area contributed by atoms with Crippen molar-refractivity contribution in [2.75, 3.05) is 27.7 Å². The summed E-state index contributed by atoms with van der Waals surface area (Å²) in [5.74, 6) is 0.854. The summed E-state index contributed by atoms with van der Waals surface area (Å²) < 4.78 is 5.25. The van der Waals surface area contributed by atoms with Crippen molar-refractivity contribution in [3.05, 3.63) is 29.8 Å². The van der Waals surface area contributed by atoms with Gasteiger partial charge >= 0.3 is 0 Å². The first-order chi connectivity index (χ1) is 9.45. The highest BCUT2D eigenvalue weighted by Crippen LogP contribution is 2.42. The Bertz CT molecular complexity index is 449. The Morgan fingerprint density at radius 3 is 2.75 bits per heavy atom. The third-order valence-corrected chi connectivity index (χ3v) is 4.23. The van der Waals surface area contributed by atoms with Gasteiger partial charge in [-0.05, 0) is 44.6 Å². The van der Waals surface area contributed by atoms with Gasteiger partial charge in [-0.1, -0.05) is 12.1 Å². The van der Waals surface area contributed by atoms with Gasteiger partial charge in [-0.25, -0.2) is 0 Å². The van der Waals surface area contributed by atoms with E-state index in [-0.39, 0.29) is 5.92 Å². The normalized spacial score (nSPS) is 30.5. The first kappa shape index (κ1) is 15.3. The van der Waals surface area contributed by atoms with Crippen LogP contribution in [0.2, 0.25) is 0 Å². The standard InChI is InChI=1S/C16H25NO3/c1-17(2)11-13-7-8-14(18)10-16(13,19)12-5-4-6-15(9-12)20-3/h4-6,9,13-14,18-19H,7-8,10-11H2,1-3H3/t13?,14-,16+/m1/s1. The Kier molecular flexibility index (Phi) is 4.68. The largest absolute Gasteiger partial charge is 0.497 e. The van der Waals surface area contributed by atoms with Gasteiger partial charge in [0.25, 0.3) is 0 Å². The monoisotopic (exact) mass is 279 g/mol. The van der Waals surface area contributed by atoms with Crippen molar-refractivity contribution in [1.82, 2.24) is 4.90 Å². The van der Waals surface area contributed by atoms with Gasteiger partial charge in [0.05, 0.1) is 18.8 Å². The molecule has 0 radical (unpaired) electrons. The van der Waals surface area contributed by atoms with Gasteiger partial charge < -0.3 is 19.8 Å². The molecule has 0 spiro atoms. The average molecular weight is 279 g/mol. The molecule has 0 saturated heterocycles. The third-order valence-electron chi connectivity index (χ3n) is 4.23. The summed E-state index contributed by atoms with van der Waals surface area (Å²) in [4.78, 5) is 2.09. The molecular weight excluding hydrogens is 254 g/mol. The van der Waals surface area contributed by atoms with Crippen LogP contribution in [0, 0.1) is 5.92 Å². The van der Waals surface area contributed by atoms with Crippen LogP contribution >= 0.6 is 0 Å². The van der Waals surface area contributed by atoms with Crippen LogP contribution in [0.1, 0.15) is 24.8 Å². The molecule has 3 atom stereocenters. The van der Waals surface area contributed by atoms with Crippen LogP contribution in [0.25, 0.3) is 0 Å². The number of benzene rings is 1. The quantitative estimate of drug-likeness (QED) is 0.879. The summed E-state index contributed by atoms with van der Waals surface area (Å²) in [6.07, 6.45) is 1.53. The number of nitrogens with zero attached hydrogens (tertiary/aromatic N) is 1. The lowest BCUT2D eigenvalue weighted by Gasteiger charge is -2.43. The molecule has 1 aliphatic carbocycles. The third kappa shape index (κ3) is 3.14. The molecule has 2 rings (SSSR count). The summed E-state index contributed by atoms with van der Waals surface area (Å²) in [6.45, 7) is 0.806. The van der Waals surface area contributed by atoms with Crippen LogP contribution in [0.15, 0.2) is 24.3 Å². The molecular formula is C16H25NO3. The summed E-state index contributed by atoms with van der Waals surface area (Å²) in [7, 11) is 5.64. The van der Waals surface area contributed by atoms with E-state index >= 15 is 0 Å². The fraction of sp³-hybridized carbons (Fsp3) is 0.625. The molecule has 1 aromatic rings. The second-order valence-corrected chi connectivity index (χ2v) is 6.05. The zero-order chi connectivity index (χ0) is 14.8. The zero-order valence-corrected chi connectivity index (χ0v) is 12.5. The highest BCUT2D eigenvalue weighted by molar-refractivity contribution is 5.33. The topological polar surface area (TPSA) is 52.9 Å². The molecule has 1 saturated carbocycles. The molecule has 0 amide bonds. The molecule has 2 N–H and O–H groups in total. The van der Waals surface area contributed by atoms with E-state index in [0.717, 1.165) is 30.7 Å². The molecule has 112 valence electrons. The molecule has 0 aliphatic heterocycles. The Balaban J connectivity index is 2.34. The first-order valence-corrected chi connectivity index (χ1v) is 7.15. The minimum Gasteiger partial charge on any atom is -0.497 e. The number of aliphatic hydroxyl groups excluding tert-OH is 1. The fourth-order valence-electron chi connectivity index (χ4n) is 3.19. The van der Waals surface area contributed by atoms with Crippen molar-refractivity contribution in [1.29, 1.82) is 0 Å². The maximum absolute atomic E-state index is 11.2. The minimum absolute atomic E-state index is 0.119. The maximum atomic E-state index is 11.2. The molecule has 1 aliphatic rings. The molecule has 0 aromatic heterocycles. The highest BCUT2D eigenvalue weighted by atomic mass is 16.5. The summed E-state index contributed by atoms with van der Waals surface area (Å²) in [5.41, 5.74) is -0.154. The van der Waals surface area contributed by atoms with E-state index in [4.69, 9.17) is 4.74 Å². The predicted octanol–water partition coefficient (Wildman–Crippen LogP) is 1.61. The fourth-order valence-corrected chi connectivity index (χ4v) is 3.19. The van der Waals surface area contributed by atoms with E-state index in [1.807, 2.05) is 38.4 Å². The van der Waals surface area contributed by atoms with Crippen LogP contribution in [-0.2, 0) is 5.60 Å². The maximum Gasteiger partial charge on any atom is 0.119 e.